The lowest BCUT2D eigenvalue weighted by Gasteiger charge is -2.05. The van der Waals surface area contributed by atoms with Crippen LogP contribution in [0.4, 0.5) is 10.1 Å². The molecular weight excluding hydrogens is 229 g/mol. The summed E-state index contributed by atoms with van der Waals surface area (Å²) in [6.45, 7) is 0.351. The van der Waals surface area contributed by atoms with Gasteiger partial charge in [0.15, 0.2) is 5.96 Å². The first-order chi connectivity index (χ1) is 8.74. The fourth-order valence-corrected chi connectivity index (χ4v) is 1.52. The highest BCUT2D eigenvalue weighted by atomic mass is 19.1. The summed E-state index contributed by atoms with van der Waals surface area (Å²) in [5.74, 6) is 0.0442. The summed E-state index contributed by atoms with van der Waals surface area (Å²) in [6.07, 6.45) is 0. The van der Waals surface area contributed by atoms with Gasteiger partial charge in [-0.25, -0.2) is 9.38 Å². The van der Waals surface area contributed by atoms with Crippen molar-refractivity contribution in [2.24, 2.45) is 10.7 Å². The van der Waals surface area contributed by atoms with Gasteiger partial charge < -0.3 is 11.1 Å². The summed E-state index contributed by atoms with van der Waals surface area (Å²) in [6, 6.07) is 15.8. The van der Waals surface area contributed by atoms with Crippen LogP contribution in [0.25, 0.3) is 0 Å². The zero-order valence-electron chi connectivity index (χ0n) is 9.81. The van der Waals surface area contributed by atoms with Gasteiger partial charge in [-0.05, 0) is 29.8 Å². The number of halogens is 1. The summed E-state index contributed by atoms with van der Waals surface area (Å²) in [7, 11) is 0. The normalized spacial score (nSPS) is 11.3. The van der Waals surface area contributed by atoms with E-state index in [0.717, 1.165) is 11.3 Å². The molecule has 0 fully saturated rings. The number of benzene rings is 2. The number of hydrogen-bond donors (Lipinski definition) is 2. The smallest absolute Gasteiger partial charge is 0.193 e. The Kier molecular flexibility index (Phi) is 3.91. The molecule has 3 nitrogen and oxygen atoms in total. The third kappa shape index (κ3) is 3.59. The van der Waals surface area contributed by atoms with Crippen LogP contribution in [-0.4, -0.2) is 5.96 Å². The van der Waals surface area contributed by atoms with Crippen LogP contribution in [0.5, 0.6) is 0 Å². The van der Waals surface area contributed by atoms with Gasteiger partial charge in [0.1, 0.15) is 5.82 Å². The van der Waals surface area contributed by atoms with E-state index in [1.807, 2.05) is 36.4 Å². The Hall–Kier alpha value is -2.36. The molecule has 0 aliphatic carbocycles. The van der Waals surface area contributed by atoms with E-state index in [9.17, 15) is 4.39 Å². The lowest BCUT2D eigenvalue weighted by molar-refractivity contribution is 0.625. The van der Waals surface area contributed by atoms with Crippen molar-refractivity contribution >= 4 is 11.6 Å². The van der Waals surface area contributed by atoms with E-state index in [1.165, 1.54) is 12.1 Å². The van der Waals surface area contributed by atoms with Crippen LogP contribution in [0.1, 0.15) is 5.56 Å². The Labute approximate surface area is 105 Å². The molecule has 92 valence electrons. The largest absolute Gasteiger partial charge is 0.370 e. The molecule has 0 unspecified atom stereocenters. The maximum absolute atomic E-state index is 12.9. The third-order valence-corrected chi connectivity index (χ3v) is 2.37. The van der Waals surface area contributed by atoms with E-state index in [4.69, 9.17) is 5.73 Å². The van der Waals surface area contributed by atoms with Gasteiger partial charge in [0.2, 0.25) is 0 Å². The molecular formula is C14H14FN3. The van der Waals surface area contributed by atoms with E-state index in [0.29, 0.717) is 12.5 Å². The van der Waals surface area contributed by atoms with Crippen LogP contribution < -0.4 is 11.1 Å². The first kappa shape index (κ1) is 12.1. The fourth-order valence-electron chi connectivity index (χ4n) is 1.52. The number of guanidine groups is 1. The Morgan fingerprint density at radius 2 is 1.89 bits per heavy atom. The second-order valence-electron chi connectivity index (χ2n) is 3.82. The summed E-state index contributed by atoms with van der Waals surface area (Å²) < 4.78 is 12.9. The Balaban J connectivity index is 1.97. The van der Waals surface area contributed by atoms with Gasteiger partial charge in [0.05, 0.1) is 6.54 Å². The summed E-state index contributed by atoms with van der Waals surface area (Å²) in [4.78, 5) is 4.15. The molecule has 0 aliphatic heterocycles. The van der Waals surface area contributed by atoms with Crippen LogP contribution in [0, 0.1) is 5.82 Å². The number of hydrogen-bond acceptors (Lipinski definition) is 1. The molecule has 2 aromatic carbocycles. The number of rotatable bonds is 3. The molecule has 0 aliphatic rings. The molecule has 18 heavy (non-hydrogen) atoms. The number of anilines is 1. The first-order valence-electron chi connectivity index (χ1n) is 5.60. The zero-order chi connectivity index (χ0) is 12.8. The third-order valence-electron chi connectivity index (χ3n) is 2.37. The van der Waals surface area contributed by atoms with E-state index in [1.54, 1.807) is 6.07 Å². The first-order valence-corrected chi connectivity index (χ1v) is 5.60. The Morgan fingerprint density at radius 1 is 1.11 bits per heavy atom. The predicted molar refractivity (Wildman–Crippen MR) is 71.8 cm³/mol. The second-order valence-corrected chi connectivity index (χ2v) is 3.82. The molecule has 2 aromatic rings. The van der Waals surface area contributed by atoms with Gasteiger partial charge in [0.25, 0.3) is 0 Å². The SMILES string of the molecule is NC(=NCc1cccc(F)c1)Nc1ccccc1. The molecule has 2 rings (SSSR count). The van der Waals surface area contributed by atoms with E-state index < -0.39 is 0 Å². The maximum Gasteiger partial charge on any atom is 0.193 e. The second kappa shape index (κ2) is 5.82. The monoisotopic (exact) mass is 243 g/mol. The molecule has 0 spiro atoms. The molecule has 0 atom stereocenters. The Bertz CT molecular complexity index is 538. The van der Waals surface area contributed by atoms with Gasteiger partial charge in [-0.15, -0.1) is 0 Å². The standard InChI is InChI=1S/C14H14FN3/c15-12-6-4-5-11(9-12)10-17-14(16)18-13-7-2-1-3-8-13/h1-9H,10H2,(H3,16,17,18). The van der Waals surface area contributed by atoms with Crippen molar-refractivity contribution < 1.29 is 4.39 Å². The minimum Gasteiger partial charge on any atom is -0.370 e. The van der Waals surface area contributed by atoms with Crippen molar-refractivity contribution in [3.05, 3.63) is 66.0 Å². The quantitative estimate of drug-likeness (QED) is 0.643. The molecule has 0 aromatic heterocycles. The zero-order valence-corrected chi connectivity index (χ0v) is 9.81. The molecule has 0 amide bonds. The van der Waals surface area contributed by atoms with Crippen molar-refractivity contribution in [3.8, 4) is 0 Å². The summed E-state index contributed by atoms with van der Waals surface area (Å²) in [5, 5.41) is 2.96. The molecule has 4 heteroatoms. The molecule has 0 heterocycles. The maximum atomic E-state index is 12.9. The van der Waals surface area contributed by atoms with Gasteiger partial charge in [-0.2, -0.15) is 0 Å². The highest BCUT2D eigenvalue weighted by Crippen LogP contribution is 2.06. The lowest BCUT2D eigenvalue weighted by Crippen LogP contribution is -2.22. The van der Waals surface area contributed by atoms with Gasteiger partial charge in [-0.1, -0.05) is 30.3 Å². The lowest BCUT2D eigenvalue weighted by atomic mass is 10.2. The van der Waals surface area contributed by atoms with E-state index >= 15 is 0 Å². The molecule has 3 N–H and O–H groups in total. The molecule has 0 saturated heterocycles. The van der Waals surface area contributed by atoms with Crippen LogP contribution in [0.15, 0.2) is 59.6 Å². The predicted octanol–water partition coefficient (Wildman–Crippen LogP) is 2.75. The number of nitrogens with zero attached hydrogens (tertiary/aromatic N) is 1. The van der Waals surface area contributed by atoms with Gasteiger partial charge >= 0.3 is 0 Å². The fraction of sp³-hybridized carbons (Fsp3) is 0.0714. The molecule has 0 bridgehead atoms. The van der Waals surface area contributed by atoms with E-state index in [2.05, 4.69) is 10.3 Å². The minimum atomic E-state index is -0.266. The van der Waals surface area contributed by atoms with Crippen LogP contribution in [-0.2, 0) is 6.54 Å². The number of aliphatic imine (C=N–C) groups is 1. The van der Waals surface area contributed by atoms with Crippen LogP contribution in [0.3, 0.4) is 0 Å². The average Bonchev–Trinajstić information content (AvgIpc) is 2.38. The van der Waals surface area contributed by atoms with Crippen LogP contribution in [0.2, 0.25) is 0 Å². The topological polar surface area (TPSA) is 50.4 Å². The highest BCUT2D eigenvalue weighted by molar-refractivity contribution is 5.92. The Morgan fingerprint density at radius 3 is 2.61 bits per heavy atom. The van der Waals surface area contributed by atoms with Gasteiger partial charge in [0, 0.05) is 5.69 Å². The highest BCUT2D eigenvalue weighted by Gasteiger charge is 1.96. The van der Waals surface area contributed by atoms with Crippen molar-refractivity contribution in [1.29, 1.82) is 0 Å². The molecule has 0 radical (unpaired) electrons. The average molecular weight is 243 g/mol. The number of para-hydroxylation sites is 1. The molecule has 0 saturated carbocycles. The summed E-state index contributed by atoms with van der Waals surface area (Å²) >= 11 is 0. The van der Waals surface area contributed by atoms with E-state index in [-0.39, 0.29) is 5.82 Å². The minimum absolute atomic E-state index is 0.266. The van der Waals surface area contributed by atoms with Crippen molar-refractivity contribution in [1.82, 2.24) is 0 Å². The van der Waals surface area contributed by atoms with Crippen molar-refractivity contribution in [2.75, 3.05) is 5.32 Å². The van der Waals surface area contributed by atoms with Gasteiger partial charge in [-0.3, -0.25) is 0 Å². The van der Waals surface area contributed by atoms with Crippen molar-refractivity contribution in [3.63, 3.8) is 0 Å². The number of nitrogens with one attached hydrogen (secondary N) is 1. The number of nitrogens with two attached hydrogens (primary N) is 1. The van der Waals surface area contributed by atoms with Crippen LogP contribution >= 0.6 is 0 Å². The van der Waals surface area contributed by atoms with Crippen molar-refractivity contribution in [2.45, 2.75) is 6.54 Å². The summed E-state index contributed by atoms with van der Waals surface area (Å²) in [5.41, 5.74) is 7.39.